The predicted molar refractivity (Wildman–Crippen MR) is 86.8 cm³/mol. The number of aromatic hydroxyl groups is 1. The summed E-state index contributed by atoms with van der Waals surface area (Å²) in [6, 6.07) is 18.1. The zero-order valence-electron chi connectivity index (χ0n) is 12.0. The molecular weight excluding hydrogens is 282 g/mol. The van der Waals surface area contributed by atoms with Crippen LogP contribution in [0, 0.1) is 5.92 Å². The number of halogens is 1. The Hall–Kier alpha value is -1.51. The number of phenols is 1. The molecule has 0 aromatic heterocycles. The molecule has 2 aromatic carbocycles. The number of hydrogen-bond acceptors (Lipinski definition) is 2. The zero-order valence-corrected chi connectivity index (χ0v) is 12.7. The largest absolute Gasteiger partial charge is 0.508 e. The minimum atomic E-state index is 0.312. The second-order valence-corrected chi connectivity index (χ2v) is 6.07. The van der Waals surface area contributed by atoms with Crippen LogP contribution in [-0.2, 0) is 6.54 Å². The van der Waals surface area contributed by atoms with E-state index in [-0.39, 0.29) is 0 Å². The predicted octanol–water partition coefficient (Wildman–Crippen LogP) is 3.85. The van der Waals surface area contributed by atoms with Gasteiger partial charge in [0.25, 0.3) is 0 Å². The average Bonchev–Trinajstić information content (AvgIpc) is 2.91. The molecule has 3 rings (SSSR count). The van der Waals surface area contributed by atoms with Gasteiger partial charge >= 0.3 is 0 Å². The lowest BCUT2D eigenvalue weighted by Crippen LogP contribution is -2.20. The van der Waals surface area contributed by atoms with Crippen LogP contribution < -0.4 is 0 Å². The topological polar surface area (TPSA) is 23.5 Å². The van der Waals surface area contributed by atoms with E-state index in [0.717, 1.165) is 25.2 Å². The first-order chi connectivity index (χ1) is 10.3. The number of hydrogen-bond donors (Lipinski definition) is 1. The van der Waals surface area contributed by atoms with Crippen LogP contribution in [0.1, 0.15) is 17.0 Å². The lowest BCUT2D eigenvalue weighted by atomic mass is 9.89. The first-order valence-corrected chi connectivity index (χ1v) is 7.91. The van der Waals surface area contributed by atoms with Gasteiger partial charge in [0.05, 0.1) is 0 Å². The van der Waals surface area contributed by atoms with Crippen LogP contribution >= 0.6 is 11.6 Å². The summed E-state index contributed by atoms with van der Waals surface area (Å²) >= 11 is 6.16. The van der Waals surface area contributed by atoms with E-state index in [0.29, 0.717) is 23.5 Å². The van der Waals surface area contributed by atoms with Gasteiger partial charge < -0.3 is 5.11 Å². The normalized spacial score (nSPS) is 22.5. The molecular formula is C18H20ClNO. The molecule has 21 heavy (non-hydrogen) atoms. The van der Waals surface area contributed by atoms with Gasteiger partial charge in [0.2, 0.25) is 0 Å². The summed E-state index contributed by atoms with van der Waals surface area (Å²) in [5.41, 5.74) is 2.35. The van der Waals surface area contributed by atoms with Crippen LogP contribution in [-0.4, -0.2) is 29.0 Å². The second kappa shape index (κ2) is 6.50. The summed E-state index contributed by atoms with van der Waals surface area (Å²) in [6.07, 6.45) is 0. The van der Waals surface area contributed by atoms with E-state index in [1.807, 2.05) is 24.3 Å². The van der Waals surface area contributed by atoms with Crippen LogP contribution in [0.3, 0.4) is 0 Å². The van der Waals surface area contributed by atoms with Crippen molar-refractivity contribution in [2.75, 3.05) is 19.0 Å². The molecule has 1 N–H and O–H groups in total. The summed E-state index contributed by atoms with van der Waals surface area (Å²) < 4.78 is 0. The molecule has 3 heteroatoms. The van der Waals surface area contributed by atoms with Crippen molar-refractivity contribution < 1.29 is 5.11 Å². The number of nitrogens with zero attached hydrogens (tertiary/aromatic N) is 1. The van der Waals surface area contributed by atoms with Crippen molar-refractivity contribution in [3.05, 3.63) is 65.7 Å². The Bertz CT molecular complexity index is 587. The van der Waals surface area contributed by atoms with Crippen LogP contribution in [0.25, 0.3) is 0 Å². The summed E-state index contributed by atoms with van der Waals surface area (Å²) in [4.78, 5) is 2.43. The number of phenolic OH excluding ortho intramolecular Hbond substituents is 1. The number of para-hydroxylation sites is 1. The molecule has 110 valence electrons. The van der Waals surface area contributed by atoms with Gasteiger partial charge in [0.15, 0.2) is 0 Å². The molecule has 1 heterocycles. The van der Waals surface area contributed by atoms with Crippen LogP contribution in [0.2, 0.25) is 0 Å². The third-order valence-electron chi connectivity index (χ3n) is 4.30. The number of benzene rings is 2. The van der Waals surface area contributed by atoms with Gasteiger partial charge in [-0.25, -0.2) is 0 Å². The van der Waals surface area contributed by atoms with Crippen LogP contribution in [0.15, 0.2) is 54.6 Å². The highest BCUT2D eigenvalue weighted by molar-refractivity contribution is 6.18. The first-order valence-electron chi connectivity index (χ1n) is 7.38. The molecule has 0 unspecified atom stereocenters. The Morgan fingerprint density at radius 1 is 1.00 bits per heavy atom. The van der Waals surface area contributed by atoms with E-state index < -0.39 is 0 Å². The fourth-order valence-corrected chi connectivity index (χ4v) is 3.55. The second-order valence-electron chi connectivity index (χ2n) is 5.76. The maximum Gasteiger partial charge on any atom is 0.119 e. The third-order valence-corrected chi connectivity index (χ3v) is 4.70. The molecule has 2 aromatic rings. The third kappa shape index (κ3) is 3.22. The lowest BCUT2D eigenvalue weighted by Gasteiger charge is -2.17. The molecule has 1 fully saturated rings. The molecule has 1 aliphatic rings. The van der Waals surface area contributed by atoms with Gasteiger partial charge in [-0.3, -0.25) is 4.90 Å². The SMILES string of the molecule is Oc1ccccc1[C@H]1CN(Cc2ccccc2)C[C@H]1CCl. The minimum Gasteiger partial charge on any atom is -0.508 e. The van der Waals surface area contributed by atoms with Crippen molar-refractivity contribution in [3.63, 3.8) is 0 Å². The van der Waals surface area contributed by atoms with E-state index in [2.05, 4.69) is 29.2 Å². The summed E-state index contributed by atoms with van der Waals surface area (Å²) in [5, 5.41) is 10.1. The van der Waals surface area contributed by atoms with Crippen molar-refractivity contribution in [3.8, 4) is 5.75 Å². The van der Waals surface area contributed by atoms with Crippen molar-refractivity contribution in [1.82, 2.24) is 4.90 Å². The fourth-order valence-electron chi connectivity index (χ4n) is 3.24. The molecule has 2 nitrogen and oxygen atoms in total. The fraction of sp³-hybridized carbons (Fsp3) is 0.333. The highest BCUT2D eigenvalue weighted by Crippen LogP contribution is 2.37. The summed E-state index contributed by atoms with van der Waals surface area (Å²) in [7, 11) is 0. The number of likely N-dealkylation sites (tertiary alicyclic amines) is 1. The molecule has 1 saturated heterocycles. The number of alkyl halides is 1. The smallest absolute Gasteiger partial charge is 0.119 e. The highest BCUT2D eigenvalue weighted by Gasteiger charge is 2.34. The van der Waals surface area contributed by atoms with E-state index in [1.165, 1.54) is 5.56 Å². The maximum absolute atomic E-state index is 10.1. The van der Waals surface area contributed by atoms with Gasteiger partial charge in [0, 0.05) is 31.4 Å². The first kappa shape index (κ1) is 14.4. The summed E-state index contributed by atoms with van der Waals surface area (Å²) in [6.45, 7) is 2.87. The lowest BCUT2D eigenvalue weighted by molar-refractivity contribution is 0.319. The quantitative estimate of drug-likeness (QED) is 0.867. The molecule has 0 spiro atoms. The van der Waals surface area contributed by atoms with Gasteiger partial charge in [0.1, 0.15) is 5.75 Å². The monoisotopic (exact) mass is 301 g/mol. The van der Waals surface area contributed by atoms with E-state index >= 15 is 0 Å². The molecule has 1 aliphatic heterocycles. The van der Waals surface area contributed by atoms with Crippen LogP contribution in [0.5, 0.6) is 5.75 Å². The van der Waals surface area contributed by atoms with E-state index in [1.54, 1.807) is 6.07 Å². The van der Waals surface area contributed by atoms with E-state index in [9.17, 15) is 5.11 Å². The molecule has 0 amide bonds. The van der Waals surface area contributed by atoms with Crippen molar-refractivity contribution in [2.24, 2.45) is 5.92 Å². The molecule has 0 bridgehead atoms. The maximum atomic E-state index is 10.1. The molecule has 0 saturated carbocycles. The highest BCUT2D eigenvalue weighted by atomic mass is 35.5. The Morgan fingerprint density at radius 2 is 1.71 bits per heavy atom. The number of rotatable bonds is 4. The Labute approximate surface area is 131 Å². The zero-order chi connectivity index (χ0) is 14.7. The molecule has 0 radical (unpaired) electrons. The van der Waals surface area contributed by atoms with Gasteiger partial charge in [-0.15, -0.1) is 11.6 Å². The minimum absolute atomic E-state index is 0.312. The van der Waals surface area contributed by atoms with Crippen LogP contribution in [0.4, 0.5) is 0 Å². The molecule has 0 aliphatic carbocycles. The standard InChI is InChI=1S/C18H20ClNO/c19-10-15-12-20(11-14-6-2-1-3-7-14)13-17(15)16-8-4-5-9-18(16)21/h1-9,15,17,21H,10-13H2/t15-,17+/m1/s1. The molecule has 2 atom stereocenters. The van der Waals surface area contributed by atoms with Gasteiger partial charge in [-0.05, 0) is 23.1 Å². The van der Waals surface area contributed by atoms with Gasteiger partial charge in [-0.2, -0.15) is 0 Å². The average molecular weight is 302 g/mol. The Morgan fingerprint density at radius 3 is 2.43 bits per heavy atom. The summed E-state index contributed by atoms with van der Waals surface area (Å²) in [5.74, 6) is 1.72. The van der Waals surface area contributed by atoms with Crippen molar-refractivity contribution >= 4 is 11.6 Å². The Kier molecular flexibility index (Phi) is 4.47. The van der Waals surface area contributed by atoms with Gasteiger partial charge in [-0.1, -0.05) is 48.5 Å². The van der Waals surface area contributed by atoms with E-state index in [4.69, 9.17) is 11.6 Å². The Balaban J connectivity index is 1.76. The van der Waals surface area contributed by atoms with Crippen molar-refractivity contribution in [1.29, 1.82) is 0 Å². The van der Waals surface area contributed by atoms with Crippen molar-refractivity contribution in [2.45, 2.75) is 12.5 Å².